The highest BCUT2D eigenvalue weighted by molar-refractivity contribution is 9.10. The summed E-state index contributed by atoms with van der Waals surface area (Å²) in [7, 11) is -3.22. The number of carbonyl (C=O) groups is 2. The molecule has 0 aliphatic carbocycles. The van der Waals surface area contributed by atoms with E-state index in [0.717, 1.165) is 10.0 Å². The molecule has 0 atom stereocenters. The van der Waals surface area contributed by atoms with Gasteiger partial charge in [-0.25, -0.2) is 0 Å². The average molecular weight is 525 g/mol. The molecule has 2 aromatic rings. The fourth-order valence-corrected chi connectivity index (χ4v) is 5.25. The number of carbonyl (C=O) groups excluding carboxylic acids is 2. The van der Waals surface area contributed by atoms with E-state index in [0.29, 0.717) is 43.1 Å². The molecule has 0 radical (unpaired) electrons. The molecule has 0 spiro atoms. The Morgan fingerprint density at radius 2 is 1.56 bits per heavy atom. The lowest BCUT2D eigenvalue weighted by atomic mass is 10.1. The summed E-state index contributed by atoms with van der Waals surface area (Å²) in [6.45, 7) is 9.08. The van der Waals surface area contributed by atoms with E-state index in [-0.39, 0.29) is 18.0 Å². The number of halogens is 1. The zero-order valence-corrected chi connectivity index (χ0v) is 21.4. The molecule has 0 saturated heterocycles. The van der Waals surface area contributed by atoms with Crippen molar-refractivity contribution in [3.8, 4) is 0 Å². The van der Waals surface area contributed by atoms with Crippen molar-refractivity contribution in [2.45, 2.75) is 33.9 Å². The van der Waals surface area contributed by atoms with E-state index in [9.17, 15) is 14.2 Å². The van der Waals surface area contributed by atoms with Crippen molar-refractivity contribution in [1.82, 2.24) is 4.90 Å². The van der Waals surface area contributed by atoms with Crippen LogP contribution in [0.5, 0.6) is 0 Å². The van der Waals surface area contributed by atoms with Crippen LogP contribution < -0.4 is 5.32 Å². The Bertz CT molecular complexity index is 967. The number of benzene rings is 2. The minimum absolute atomic E-state index is 0.131. The lowest BCUT2D eigenvalue weighted by Crippen LogP contribution is -2.31. The van der Waals surface area contributed by atoms with E-state index in [1.54, 1.807) is 61.2 Å². The van der Waals surface area contributed by atoms with E-state index in [4.69, 9.17) is 9.05 Å². The Morgan fingerprint density at radius 1 is 0.969 bits per heavy atom. The molecule has 0 saturated carbocycles. The lowest BCUT2D eigenvalue weighted by Gasteiger charge is -2.21. The summed E-state index contributed by atoms with van der Waals surface area (Å²) in [5, 5.41) is 2.83. The van der Waals surface area contributed by atoms with Crippen molar-refractivity contribution in [3.63, 3.8) is 0 Å². The number of amides is 2. The van der Waals surface area contributed by atoms with Crippen molar-refractivity contribution in [1.29, 1.82) is 0 Å². The Balaban J connectivity index is 2.20. The maximum atomic E-state index is 12.9. The van der Waals surface area contributed by atoms with E-state index in [1.165, 1.54) is 0 Å². The molecule has 0 aliphatic rings. The Kier molecular flexibility index (Phi) is 10.1. The van der Waals surface area contributed by atoms with Crippen molar-refractivity contribution in [2.24, 2.45) is 0 Å². The summed E-state index contributed by atoms with van der Waals surface area (Å²) >= 11 is 3.40. The number of nitrogens with zero attached hydrogens (tertiary/aromatic N) is 1. The van der Waals surface area contributed by atoms with Gasteiger partial charge in [-0.05, 0) is 63.6 Å². The summed E-state index contributed by atoms with van der Waals surface area (Å²) < 4.78 is 24.1. The molecule has 0 bridgehead atoms. The van der Waals surface area contributed by atoms with Gasteiger partial charge in [-0.3, -0.25) is 14.2 Å². The van der Waals surface area contributed by atoms with Gasteiger partial charge in [-0.15, -0.1) is 0 Å². The number of nitrogens with one attached hydrogen (secondary N) is 1. The fraction of sp³-hybridized carbons (Fsp3) is 0.391. The highest BCUT2D eigenvalue weighted by atomic mass is 79.9. The topological polar surface area (TPSA) is 84.9 Å². The van der Waals surface area contributed by atoms with Crippen molar-refractivity contribution < 1.29 is 23.2 Å². The third kappa shape index (κ3) is 7.01. The average Bonchev–Trinajstić information content (AvgIpc) is 2.76. The van der Waals surface area contributed by atoms with Gasteiger partial charge in [0.15, 0.2) is 0 Å². The number of hydrogen-bond donors (Lipinski definition) is 1. The van der Waals surface area contributed by atoms with E-state index < -0.39 is 7.60 Å². The minimum atomic E-state index is -3.22. The Hall–Kier alpha value is -1.99. The summed E-state index contributed by atoms with van der Waals surface area (Å²) in [4.78, 5) is 27.4. The van der Waals surface area contributed by atoms with Gasteiger partial charge in [0, 0.05) is 23.1 Å². The van der Waals surface area contributed by atoms with Gasteiger partial charge in [0.1, 0.15) is 0 Å². The predicted molar refractivity (Wildman–Crippen MR) is 130 cm³/mol. The number of anilines is 1. The zero-order chi connectivity index (χ0) is 23.7. The van der Waals surface area contributed by atoms with Crippen LogP contribution >= 0.6 is 23.5 Å². The summed E-state index contributed by atoms with van der Waals surface area (Å²) in [6.07, 6.45) is 0.131. The Morgan fingerprint density at radius 3 is 2.09 bits per heavy atom. The number of rotatable bonds is 11. The lowest BCUT2D eigenvalue weighted by molar-refractivity contribution is 0.0774. The molecule has 0 aromatic heterocycles. The molecular weight excluding hydrogens is 495 g/mol. The van der Waals surface area contributed by atoms with Gasteiger partial charge in [-0.2, -0.15) is 0 Å². The van der Waals surface area contributed by atoms with Crippen molar-refractivity contribution in [3.05, 3.63) is 63.6 Å². The predicted octanol–water partition coefficient (Wildman–Crippen LogP) is 5.95. The fourth-order valence-electron chi connectivity index (χ4n) is 3.19. The molecule has 1 N–H and O–H groups in total. The monoisotopic (exact) mass is 524 g/mol. The SMILES string of the molecule is CCOP(=O)(Cc1ccc(C(=O)Nc2ccc(Br)cc2C(=O)N(CC)CC)cc1)OCC. The van der Waals surface area contributed by atoms with E-state index in [1.807, 2.05) is 13.8 Å². The Labute approximate surface area is 198 Å². The van der Waals surface area contributed by atoms with Crippen LogP contribution in [0.1, 0.15) is 54.0 Å². The smallest absolute Gasteiger partial charge is 0.335 e. The quantitative estimate of drug-likeness (QED) is 0.367. The first-order chi connectivity index (χ1) is 15.3. The van der Waals surface area contributed by atoms with Crippen LogP contribution in [-0.2, 0) is 19.8 Å². The van der Waals surface area contributed by atoms with E-state index in [2.05, 4.69) is 21.2 Å². The van der Waals surface area contributed by atoms with Gasteiger partial charge in [0.25, 0.3) is 11.8 Å². The normalized spacial score (nSPS) is 11.3. The third-order valence-electron chi connectivity index (χ3n) is 4.75. The maximum Gasteiger partial charge on any atom is 0.335 e. The summed E-state index contributed by atoms with van der Waals surface area (Å²) in [5.41, 5.74) is 2.02. The van der Waals surface area contributed by atoms with Gasteiger partial charge >= 0.3 is 7.60 Å². The minimum Gasteiger partial charge on any atom is -0.339 e. The summed E-state index contributed by atoms with van der Waals surface area (Å²) in [5.74, 6) is -0.491. The first-order valence-electron chi connectivity index (χ1n) is 10.6. The molecule has 2 rings (SSSR count). The van der Waals surface area contributed by atoms with Crippen LogP contribution in [0.25, 0.3) is 0 Å². The largest absolute Gasteiger partial charge is 0.339 e. The third-order valence-corrected chi connectivity index (χ3v) is 7.30. The second-order valence-electron chi connectivity index (χ2n) is 6.92. The standard InChI is InChI=1S/C23H30BrN2O5P/c1-5-26(6-2)23(28)20-15-19(24)13-14-21(20)25-22(27)18-11-9-17(10-12-18)16-32(29,30-7-3)31-8-4/h9-15H,5-8,16H2,1-4H3,(H,25,27). The van der Waals surface area contributed by atoms with Gasteiger partial charge in [0.05, 0.1) is 30.6 Å². The van der Waals surface area contributed by atoms with Crippen LogP contribution in [-0.4, -0.2) is 43.0 Å². The van der Waals surface area contributed by atoms with Crippen LogP contribution in [0.3, 0.4) is 0 Å². The van der Waals surface area contributed by atoms with Gasteiger partial charge < -0.3 is 19.3 Å². The van der Waals surface area contributed by atoms with Gasteiger partial charge in [0.2, 0.25) is 0 Å². The molecule has 174 valence electrons. The molecule has 0 aliphatic heterocycles. The number of hydrogen-bond acceptors (Lipinski definition) is 5. The summed E-state index contributed by atoms with van der Waals surface area (Å²) in [6, 6.07) is 11.9. The van der Waals surface area contributed by atoms with Crippen LogP contribution in [0.4, 0.5) is 5.69 Å². The highest BCUT2D eigenvalue weighted by Crippen LogP contribution is 2.51. The maximum absolute atomic E-state index is 12.9. The van der Waals surface area contributed by atoms with Crippen LogP contribution in [0.2, 0.25) is 0 Å². The molecule has 7 nitrogen and oxygen atoms in total. The van der Waals surface area contributed by atoms with Crippen molar-refractivity contribution >= 4 is 41.0 Å². The molecule has 0 heterocycles. The molecule has 2 amide bonds. The van der Waals surface area contributed by atoms with Gasteiger partial charge in [-0.1, -0.05) is 28.1 Å². The van der Waals surface area contributed by atoms with Crippen LogP contribution in [0.15, 0.2) is 46.9 Å². The molecule has 0 fully saturated rings. The van der Waals surface area contributed by atoms with Crippen LogP contribution in [0, 0.1) is 0 Å². The first-order valence-corrected chi connectivity index (χ1v) is 13.2. The molecule has 2 aromatic carbocycles. The first kappa shape index (κ1) is 26.3. The molecule has 9 heteroatoms. The molecule has 32 heavy (non-hydrogen) atoms. The highest BCUT2D eigenvalue weighted by Gasteiger charge is 2.24. The molecule has 0 unspecified atom stereocenters. The second kappa shape index (κ2) is 12.3. The molecular formula is C23H30BrN2O5P. The second-order valence-corrected chi connectivity index (χ2v) is 9.89. The zero-order valence-electron chi connectivity index (χ0n) is 18.9. The van der Waals surface area contributed by atoms with E-state index >= 15 is 0 Å². The van der Waals surface area contributed by atoms with Crippen molar-refractivity contribution in [2.75, 3.05) is 31.6 Å².